The first-order valence-corrected chi connectivity index (χ1v) is 3.97. The van der Waals surface area contributed by atoms with Gasteiger partial charge >= 0.3 is 12.0 Å². The molecular weight excluding hydrogens is 235 g/mol. The van der Waals surface area contributed by atoms with Gasteiger partial charge in [-0.1, -0.05) is 0 Å². The van der Waals surface area contributed by atoms with Crippen molar-refractivity contribution in [3.63, 3.8) is 0 Å². The molecule has 0 atom stereocenters. The van der Waals surface area contributed by atoms with E-state index in [1.54, 1.807) is 0 Å². The molecule has 15 heavy (non-hydrogen) atoms. The molecular formula is C7H4F3NO3S. The Kier molecular flexibility index (Phi) is 3.08. The van der Waals surface area contributed by atoms with Gasteiger partial charge in [0.2, 0.25) is 5.75 Å². The number of alkyl halides is 3. The van der Waals surface area contributed by atoms with Gasteiger partial charge in [-0.2, -0.15) is 0 Å². The average molecular weight is 239 g/mol. The molecule has 0 spiro atoms. The van der Waals surface area contributed by atoms with Gasteiger partial charge in [-0.15, -0.1) is 25.8 Å². The van der Waals surface area contributed by atoms with Gasteiger partial charge in [-0.3, -0.25) is 10.1 Å². The molecule has 0 bridgehead atoms. The number of nitro benzene ring substituents is 1. The fourth-order valence-electron chi connectivity index (χ4n) is 0.859. The number of halogens is 3. The second-order valence-electron chi connectivity index (χ2n) is 2.46. The molecule has 0 unspecified atom stereocenters. The van der Waals surface area contributed by atoms with E-state index in [1.807, 2.05) is 0 Å². The first-order chi connectivity index (χ1) is 6.79. The first kappa shape index (κ1) is 11.6. The van der Waals surface area contributed by atoms with Gasteiger partial charge in [0.15, 0.2) is 0 Å². The second kappa shape index (κ2) is 3.97. The Morgan fingerprint density at radius 2 is 2.00 bits per heavy atom. The van der Waals surface area contributed by atoms with E-state index in [1.165, 1.54) is 0 Å². The third-order valence-corrected chi connectivity index (χ3v) is 1.64. The Bertz CT molecular complexity index is 394. The van der Waals surface area contributed by atoms with Crippen LogP contribution in [0.1, 0.15) is 0 Å². The van der Waals surface area contributed by atoms with E-state index < -0.39 is 22.7 Å². The summed E-state index contributed by atoms with van der Waals surface area (Å²) >= 11 is 3.77. The van der Waals surface area contributed by atoms with E-state index in [0.717, 1.165) is 18.2 Å². The highest BCUT2D eigenvalue weighted by Gasteiger charge is 2.34. The number of hydrogen-bond acceptors (Lipinski definition) is 4. The SMILES string of the molecule is O=[N+]([O-])c1cc(S)ccc1OC(F)(F)F. The van der Waals surface area contributed by atoms with E-state index in [-0.39, 0.29) is 4.90 Å². The maximum Gasteiger partial charge on any atom is 0.573 e. The number of thiol groups is 1. The Hall–Kier alpha value is -1.44. The molecule has 0 saturated heterocycles. The minimum atomic E-state index is -4.96. The fraction of sp³-hybridized carbons (Fsp3) is 0.143. The van der Waals surface area contributed by atoms with Crippen molar-refractivity contribution in [2.45, 2.75) is 11.3 Å². The summed E-state index contributed by atoms with van der Waals surface area (Å²) in [5.74, 6) is -0.856. The van der Waals surface area contributed by atoms with Crippen LogP contribution in [0, 0.1) is 10.1 Å². The van der Waals surface area contributed by atoms with Crippen LogP contribution in [0.2, 0.25) is 0 Å². The van der Waals surface area contributed by atoms with Crippen molar-refractivity contribution in [2.75, 3.05) is 0 Å². The normalized spacial score (nSPS) is 11.2. The third kappa shape index (κ3) is 3.31. The monoisotopic (exact) mass is 239 g/mol. The van der Waals surface area contributed by atoms with E-state index in [9.17, 15) is 23.3 Å². The van der Waals surface area contributed by atoms with E-state index >= 15 is 0 Å². The van der Waals surface area contributed by atoms with Crippen molar-refractivity contribution in [1.82, 2.24) is 0 Å². The standard InChI is InChI=1S/C7H4F3NO3S/c8-7(9,10)14-6-2-1-4(15)3-5(6)11(12)13/h1-3,15H. The lowest BCUT2D eigenvalue weighted by molar-refractivity contribution is -0.388. The predicted molar refractivity (Wildman–Crippen MR) is 47.0 cm³/mol. The molecule has 0 aliphatic heterocycles. The van der Waals surface area contributed by atoms with E-state index in [4.69, 9.17) is 0 Å². The Morgan fingerprint density at radius 3 is 2.47 bits per heavy atom. The number of nitro groups is 1. The minimum absolute atomic E-state index is 0.177. The zero-order chi connectivity index (χ0) is 11.6. The molecule has 0 aliphatic rings. The van der Waals surface area contributed by atoms with Crippen LogP contribution in [0.15, 0.2) is 23.1 Å². The predicted octanol–water partition coefficient (Wildman–Crippen LogP) is 2.78. The Balaban J connectivity index is 3.12. The molecule has 8 heteroatoms. The summed E-state index contributed by atoms with van der Waals surface area (Å²) in [6.45, 7) is 0. The summed E-state index contributed by atoms with van der Waals surface area (Å²) in [6.07, 6.45) is -4.96. The number of rotatable bonds is 2. The van der Waals surface area contributed by atoms with Gasteiger partial charge < -0.3 is 4.74 Å². The van der Waals surface area contributed by atoms with Crippen molar-refractivity contribution in [1.29, 1.82) is 0 Å². The molecule has 0 saturated carbocycles. The van der Waals surface area contributed by atoms with Crippen molar-refractivity contribution >= 4 is 18.3 Å². The van der Waals surface area contributed by atoms with Crippen LogP contribution >= 0.6 is 12.6 Å². The second-order valence-corrected chi connectivity index (χ2v) is 2.97. The van der Waals surface area contributed by atoms with Crippen molar-refractivity contribution in [2.24, 2.45) is 0 Å². The first-order valence-electron chi connectivity index (χ1n) is 3.53. The van der Waals surface area contributed by atoms with Gasteiger partial charge in [0.05, 0.1) is 4.92 Å². The summed E-state index contributed by atoms with van der Waals surface area (Å²) < 4.78 is 38.9. The van der Waals surface area contributed by atoms with Crippen LogP contribution in [0.3, 0.4) is 0 Å². The molecule has 0 aliphatic carbocycles. The van der Waals surface area contributed by atoms with Gasteiger partial charge in [-0.25, -0.2) is 0 Å². The van der Waals surface area contributed by atoms with Crippen LogP contribution in [0.4, 0.5) is 18.9 Å². The zero-order valence-electron chi connectivity index (χ0n) is 6.99. The highest BCUT2D eigenvalue weighted by atomic mass is 32.1. The molecule has 0 heterocycles. The van der Waals surface area contributed by atoms with Crippen molar-refractivity contribution in [3.05, 3.63) is 28.3 Å². The molecule has 1 aromatic carbocycles. The molecule has 0 fully saturated rings. The fourth-order valence-corrected chi connectivity index (χ4v) is 1.06. The zero-order valence-corrected chi connectivity index (χ0v) is 7.88. The molecule has 0 N–H and O–H groups in total. The van der Waals surface area contributed by atoms with Crippen molar-refractivity contribution in [3.8, 4) is 5.75 Å². The van der Waals surface area contributed by atoms with Gasteiger partial charge in [0, 0.05) is 11.0 Å². The maximum atomic E-state index is 11.8. The molecule has 1 rings (SSSR count). The van der Waals surface area contributed by atoms with Crippen LogP contribution in [-0.4, -0.2) is 11.3 Å². The van der Waals surface area contributed by atoms with Gasteiger partial charge in [0.25, 0.3) is 0 Å². The molecule has 82 valence electrons. The lowest BCUT2D eigenvalue weighted by atomic mass is 10.3. The summed E-state index contributed by atoms with van der Waals surface area (Å²) in [7, 11) is 0. The van der Waals surface area contributed by atoms with Gasteiger partial charge in [0.1, 0.15) is 0 Å². The largest absolute Gasteiger partial charge is 0.573 e. The third-order valence-electron chi connectivity index (χ3n) is 1.36. The summed E-state index contributed by atoms with van der Waals surface area (Å²) in [5, 5.41) is 10.4. The summed E-state index contributed by atoms with van der Waals surface area (Å²) in [4.78, 5) is 9.59. The van der Waals surface area contributed by atoms with Crippen LogP contribution in [0.5, 0.6) is 5.75 Å². The highest BCUT2D eigenvalue weighted by Crippen LogP contribution is 2.33. The molecule has 0 radical (unpaired) electrons. The minimum Gasteiger partial charge on any atom is -0.398 e. The number of ether oxygens (including phenoxy) is 1. The van der Waals surface area contributed by atoms with E-state index in [0.29, 0.717) is 0 Å². The smallest absolute Gasteiger partial charge is 0.398 e. The Morgan fingerprint density at radius 1 is 1.40 bits per heavy atom. The van der Waals surface area contributed by atoms with Crippen LogP contribution < -0.4 is 4.74 Å². The number of benzene rings is 1. The lowest BCUT2D eigenvalue weighted by Gasteiger charge is -2.08. The van der Waals surface area contributed by atoms with Crippen LogP contribution in [0.25, 0.3) is 0 Å². The topological polar surface area (TPSA) is 52.4 Å². The summed E-state index contributed by atoms with van der Waals surface area (Å²) in [5.41, 5.74) is -0.778. The quantitative estimate of drug-likeness (QED) is 0.490. The number of nitrogens with zero attached hydrogens (tertiary/aromatic N) is 1. The Labute approximate surface area is 87.2 Å². The molecule has 1 aromatic rings. The van der Waals surface area contributed by atoms with Crippen molar-refractivity contribution < 1.29 is 22.8 Å². The molecule has 0 amide bonds. The highest BCUT2D eigenvalue weighted by molar-refractivity contribution is 7.80. The number of hydrogen-bond donors (Lipinski definition) is 1. The van der Waals surface area contributed by atoms with Gasteiger partial charge in [-0.05, 0) is 12.1 Å². The molecule has 0 aromatic heterocycles. The summed E-state index contributed by atoms with van der Waals surface area (Å²) in [6, 6.07) is 2.88. The molecule has 4 nitrogen and oxygen atoms in total. The average Bonchev–Trinajstić information content (AvgIpc) is 2.05. The van der Waals surface area contributed by atoms with E-state index in [2.05, 4.69) is 17.4 Å². The lowest BCUT2D eigenvalue weighted by Crippen LogP contribution is -2.17. The van der Waals surface area contributed by atoms with Crippen LogP contribution in [-0.2, 0) is 0 Å². The maximum absolute atomic E-state index is 11.8.